The van der Waals surface area contributed by atoms with Crippen LogP contribution in [0, 0.1) is 16.7 Å². The van der Waals surface area contributed by atoms with Crippen molar-refractivity contribution in [3.8, 4) is 0 Å². The highest BCUT2D eigenvalue weighted by Crippen LogP contribution is 2.63. The van der Waals surface area contributed by atoms with Crippen LogP contribution in [0.25, 0.3) is 0 Å². The van der Waals surface area contributed by atoms with E-state index >= 15 is 0 Å². The van der Waals surface area contributed by atoms with Crippen LogP contribution in [0.2, 0.25) is 0 Å². The Morgan fingerprint density at radius 2 is 1.55 bits per heavy atom. The lowest BCUT2D eigenvalue weighted by Gasteiger charge is -2.65. The van der Waals surface area contributed by atoms with Crippen molar-refractivity contribution in [1.29, 1.82) is 0 Å². The molecule has 13 heteroatoms. The second-order valence-corrected chi connectivity index (χ2v) is 15.5. The van der Waals surface area contributed by atoms with Gasteiger partial charge in [0.2, 0.25) is 0 Å². The molecular weight excluding hydrogens is 686 g/mol. The Bertz CT molecular complexity index is 1830. The molecule has 284 valence electrons. The Labute approximate surface area is 307 Å². The van der Waals surface area contributed by atoms with Crippen LogP contribution in [-0.2, 0) is 38.1 Å². The fourth-order valence-electron chi connectivity index (χ4n) is 9.13. The average Bonchev–Trinajstić information content (AvgIpc) is 3.10. The van der Waals surface area contributed by atoms with Gasteiger partial charge in [-0.05, 0) is 49.1 Å². The minimum Gasteiger partial charge on any atom is -0.456 e. The topological polar surface area (TPSA) is 195 Å². The van der Waals surface area contributed by atoms with Gasteiger partial charge in [-0.25, -0.2) is 4.79 Å². The third-order valence-electron chi connectivity index (χ3n) is 12.3. The molecule has 13 nitrogen and oxygen atoms in total. The molecule has 2 aromatic carbocycles. The average molecular weight is 734 g/mol. The van der Waals surface area contributed by atoms with Gasteiger partial charge in [-0.15, -0.1) is 0 Å². The third-order valence-corrected chi connectivity index (χ3v) is 12.3. The number of fused-ring (bicyclic) bond motifs is 5. The highest BCUT2D eigenvalue weighted by Gasteiger charge is 2.74. The Balaban J connectivity index is 1.41. The first-order chi connectivity index (χ1) is 24.9. The summed E-state index contributed by atoms with van der Waals surface area (Å²) in [5.41, 5.74) is -4.96. The SMILES string of the molecule is CC(=O)O[C@H]1C(=O)[C@@]2(C)[C@H](CC3(O)C[C@H](OC(=O)[C@H](O)C(NC(=O)c4ccccc4)c4ccccc4)C(C)=C1C3(C)C)[C@]1(OC(C)=O)CO[C@@H]1C[C@@H]2O. The monoisotopic (exact) mass is 733 g/mol. The van der Waals surface area contributed by atoms with Crippen LogP contribution < -0.4 is 5.32 Å². The zero-order valence-corrected chi connectivity index (χ0v) is 30.7. The molecule has 2 unspecified atom stereocenters. The molecule has 1 amide bonds. The van der Waals surface area contributed by atoms with E-state index in [1.54, 1.807) is 81.4 Å². The number of carbonyl (C=O) groups is 5. The van der Waals surface area contributed by atoms with Crippen molar-refractivity contribution in [3.05, 3.63) is 82.9 Å². The molecule has 10 atom stereocenters. The molecule has 0 radical (unpaired) electrons. The van der Waals surface area contributed by atoms with Crippen LogP contribution in [0.5, 0.6) is 0 Å². The number of esters is 3. The van der Waals surface area contributed by atoms with E-state index in [0.717, 1.165) is 6.92 Å². The molecule has 1 aliphatic heterocycles. The highest BCUT2D eigenvalue weighted by molar-refractivity contribution is 5.96. The summed E-state index contributed by atoms with van der Waals surface area (Å²) in [5, 5.41) is 38.8. The van der Waals surface area contributed by atoms with Crippen LogP contribution in [0.4, 0.5) is 0 Å². The molecule has 1 heterocycles. The van der Waals surface area contributed by atoms with E-state index in [1.807, 2.05) is 0 Å². The fourth-order valence-corrected chi connectivity index (χ4v) is 9.13. The maximum atomic E-state index is 14.9. The number of amides is 1. The van der Waals surface area contributed by atoms with Crippen molar-refractivity contribution >= 4 is 29.6 Å². The van der Waals surface area contributed by atoms with Crippen LogP contribution in [0.1, 0.15) is 82.8 Å². The van der Waals surface area contributed by atoms with E-state index in [0.29, 0.717) is 16.7 Å². The van der Waals surface area contributed by atoms with Crippen LogP contribution in [0.3, 0.4) is 0 Å². The van der Waals surface area contributed by atoms with Crippen molar-refractivity contribution in [3.63, 3.8) is 0 Å². The lowest BCUT2D eigenvalue weighted by Crippen LogP contribution is -2.77. The molecule has 2 aromatic rings. The molecule has 3 fully saturated rings. The van der Waals surface area contributed by atoms with Gasteiger partial charge in [-0.2, -0.15) is 0 Å². The summed E-state index contributed by atoms with van der Waals surface area (Å²) in [6, 6.07) is 15.5. The zero-order valence-electron chi connectivity index (χ0n) is 30.7. The summed E-state index contributed by atoms with van der Waals surface area (Å²) in [5.74, 6) is -4.78. The van der Waals surface area contributed by atoms with E-state index in [-0.39, 0.29) is 31.4 Å². The van der Waals surface area contributed by atoms with Gasteiger partial charge < -0.3 is 39.6 Å². The second-order valence-electron chi connectivity index (χ2n) is 15.5. The van der Waals surface area contributed by atoms with Gasteiger partial charge in [0.15, 0.2) is 23.6 Å². The Hall–Kier alpha value is -4.43. The number of carbonyl (C=O) groups excluding carboxylic acids is 5. The largest absolute Gasteiger partial charge is 0.456 e. The highest BCUT2D eigenvalue weighted by atomic mass is 16.6. The van der Waals surface area contributed by atoms with Crippen LogP contribution in [0.15, 0.2) is 71.8 Å². The van der Waals surface area contributed by atoms with E-state index < -0.39 is 94.1 Å². The van der Waals surface area contributed by atoms with Gasteiger partial charge in [0, 0.05) is 43.6 Å². The van der Waals surface area contributed by atoms with Crippen molar-refractivity contribution in [2.45, 2.75) is 109 Å². The molecule has 2 saturated carbocycles. The van der Waals surface area contributed by atoms with Gasteiger partial charge >= 0.3 is 17.9 Å². The van der Waals surface area contributed by atoms with Crippen LogP contribution >= 0.6 is 0 Å². The normalized spacial score (nSPS) is 34.1. The minimum atomic E-state index is -1.92. The standard InChI is InChI=1S/C40H47NO12/c1-21-26(52-36(48)32(45)31(24-13-9-7-10-14-24)41-35(47)25-15-11-8-12-16-25)18-39(49)19-27-38(6,28(44)17-29-40(27,20-50-29)53-23(3)43)34(46)33(51-22(2)42)30(21)37(39,4)5/h7-16,26-29,31-33,44-45,49H,17-20H2,1-6H3,(H,41,47)/t26-,27-,28-,29+,31?,32+,33+,38-,39?,40+/m0/s1. The van der Waals surface area contributed by atoms with Gasteiger partial charge in [-0.1, -0.05) is 62.4 Å². The maximum Gasteiger partial charge on any atom is 0.338 e. The van der Waals surface area contributed by atoms with Crippen molar-refractivity contribution in [2.75, 3.05) is 6.61 Å². The lowest BCUT2D eigenvalue weighted by molar-refractivity contribution is -0.327. The van der Waals surface area contributed by atoms with Crippen molar-refractivity contribution < 1.29 is 58.2 Å². The number of Topliss-reactive ketones (excluding diaryl/α,β-unsaturated/α-hetero) is 1. The number of ether oxygens (including phenoxy) is 4. The minimum absolute atomic E-state index is 0.0415. The number of hydrogen-bond donors (Lipinski definition) is 4. The third kappa shape index (κ3) is 6.26. The number of benzene rings is 2. The Morgan fingerprint density at radius 3 is 2.11 bits per heavy atom. The summed E-state index contributed by atoms with van der Waals surface area (Å²) < 4.78 is 23.5. The van der Waals surface area contributed by atoms with E-state index in [2.05, 4.69) is 5.32 Å². The maximum absolute atomic E-state index is 14.9. The molecule has 3 aliphatic carbocycles. The lowest BCUT2D eigenvalue weighted by atomic mass is 9.46. The Kier molecular flexibility index (Phi) is 9.95. The molecule has 0 aromatic heterocycles. The summed E-state index contributed by atoms with van der Waals surface area (Å²) >= 11 is 0. The van der Waals surface area contributed by atoms with E-state index in [9.17, 15) is 39.3 Å². The molecule has 4 N–H and O–H groups in total. The number of aliphatic hydroxyl groups excluding tert-OH is 2. The first kappa shape index (κ1) is 38.3. The number of aliphatic hydroxyl groups is 3. The molecule has 6 rings (SSSR count). The smallest absolute Gasteiger partial charge is 0.338 e. The predicted molar refractivity (Wildman–Crippen MR) is 187 cm³/mol. The molecule has 4 aliphatic rings. The summed E-state index contributed by atoms with van der Waals surface area (Å²) in [6.07, 6.45) is -7.35. The van der Waals surface area contributed by atoms with Gasteiger partial charge in [0.1, 0.15) is 12.2 Å². The summed E-state index contributed by atoms with van der Waals surface area (Å²) in [4.78, 5) is 67.3. The number of ketones is 1. The van der Waals surface area contributed by atoms with E-state index in [1.165, 1.54) is 13.8 Å². The number of rotatable bonds is 8. The predicted octanol–water partition coefficient (Wildman–Crippen LogP) is 2.90. The number of hydrogen-bond acceptors (Lipinski definition) is 12. The van der Waals surface area contributed by atoms with Gasteiger partial charge in [0.25, 0.3) is 5.91 Å². The summed E-state index contributed by atoms with van der Waals surface area (Å²) in [6.45, 7) is 8.81. The van der Waals surface area contributed by atoms with Gasteiger partial charge in [0.05, 0.1) is 29.8 Å². The molecule has 2 bridgehead atoms. The van der Waals surface area contributed by atoms with E-state index in [4.69, 9.17) is 18.9 Å². The van der Waals surface area contributed by atoms with Gasteiger partial charge in [-0.3, -0.25) is 19.2 Å². The molecular formula is C40H47NO12. The second kappa shape index (κ2) is 13.8. The van der Waals surface area contributed by atoms with Crippen LogP contribution in [-0.4, -0.2) is 93.2 Å². The number of nitrogens with one attached hydrogen (secondary N) is 1. The molecule has 0 spiro atoms. The molecule has 53 heavy (non-hydrogen) atoms. The Morgan fingerprint density at radius 1 is 0.925 bits per heavy atom. The van der Waals surface area contributed by atoms with Crippen molar-refractivity contribution in [2.24, 2.45) is 16.7 Å². The quantitative estimate of drug-likeness (QED) is 0.176. The zero-order chi connectivity index (χ0) is 38.7. The van der Waals surface area contributed by atoms with Crippen molar-refractivity contribution in [1.82, 2.24) is 5.32 Å². The summed E-state index contributed by atoms with van der Waals surface area (Å²) in [7, 11) is 0. The fraction of sp³-hybridized carbons (Fsp3) is 0.525. The first-order valence-electron chi connectivity index (χ1n) is 17.8. The first-order valence-corrected chi connectivity index (χ1v) is 17.8. The molecule has 1 saturated heterocycles.